The molecule has 5 nitrogen and oxygen atoms in total. The molecule has 1 aliphatic rings. The van der Waals surface area contributed by atoms with E-state index < -0.39 is 5.97 Å². The number of hydrogen-bond donors (Lipinski definition) is 1. The van der Waals surface area contributed by atoms with E-state index >= 15 is 0 Å². The Bertz CT molecular complexity index is 750. The number of nitrogens with zero attached hydrogens (tertiary/aromatic N) is 1. The molecule has 1 atom stereocenters. The van der Waals surface area contributed by atoms with E-state index in [0.29, 0.717) is 23.1 Å². The molecule has 0 saturated heterocycles. The number of carbonyl (C=O) groups excluding carboxylic acids is 1. The van der Waals surface area contributed by atoms with Crippen LogP contribution in [0.1, 0.15) is 67.9 Å². The molecule has 6 heteroatoms. The van der Waals surface area contributed by atoms with Crippen molar-refractivity contribution in [2.24, 2.45) is 17.8 Å². The van der Waals surface area contributed by atoms with Crippen molar-refractivity contribution in [3.63, 3.8) is 0 Å². The first-order valence-corrected chi connectivity index (χ1v) is 10.8. The van der Waals surface area contributed by atoms with E-state index in [-0.39, 0.29) is 28.7 Å². The third-order valence-electron chi connectivity index (χ3n) is 5.10. The molecule has 154 valence electrons. The number of thiophene rings is 1. The smallest absolute Gasteiger partial charge is 0.348 e. The van der Waals surface area contributed by atoms with Crippen molar-refractivity contribution >= 4 is 28.9 Å². The zero-order valence-electron chi connectivity index (χ0n) is 17.4. The first kappa shape index (κ1) is 22.4. The Morgan fingerprint density at radius 1 is 1.29 bits per heavy atom. The summed E-state index contributed by atoms with van der Waals surface area (Å²) in [5.74, 6) is 5.85. The Labute approximate surface area is 172 Å². The van der Waals surface area contributed by atoms with Crippen LogP contribution in [0.4, 0.5) is 5.69 Å². The summed E-state index contributed by atoms with van der Waals surface area (Å²) in [5, 5.41) is 9.74. The second-order valence-electron chi connectivity index (χ2n) is 8.02. The van der Waals surface area contributed by atoms with Gasteiger partial charge in [-0.25, -0.2) is 4.79 Å². The third-order valence-corrected chi connectivity index (χ3v) is 6.13. The van der Waals surface area contributed by atoms with Crippen LogP contribution < -0.4 is 4.90 Å². The van der Waals surface area contributed by atoms with E-state index in [2.05, 4.69) is 18.8 Å². The fourth-order valence-electron chi connectivity index (χ4n) is 3.58. The first-order valence-electron chi connectivity index (χ1n) is 9.95. The van der Waals surface area contributed by atoms with Crippen molar-refractivity contribution in [2.75, 3.05) is 18.6 Å². The predicted octanol–water partition coefficient (Wildman–Crippen LogP) is 4.65. The number of aromatic carboxylic acids is 1. The predicted molar refractivity (Wildman–Crippen MR) is 113 cm³/mol. The number of methoxy groups -OCH3 is 1. The Kier molecular flexibility index (Phi) is 8.09. The van der Waals surface area contributed by atoms with Crippen LogP contribution in [-0.4, -0.2) is 36.7 Å². The summed E-state index contributed by atoms with van der Waals surface area (Å²) >= 11 is 1.13. The third kappa shape index (κ3) is 5.59. The van der Waals surface area contributed by atoms with Crippen molar-refractivity contribution in [3.05, 3.63) is 15.8 Å². The van der Waals surface area contributed by atoms with Gasteiger partial charge < -0.3 is 14.7 Å². The Hall–Kier alpha value is -1.84. The molecule has 0 aliphatic heterocycles. The maximum Gasteiger partial charge on any atom is 0.348 e. The molecule has 1 aromatic heterocycles. The molecule has 1 aromatic rings. The Morgan fingerprint density at radius 2 is 1.93 bits per heavy atom. The SMILES string of the molecule is COC[C@H](C)N(c1cc(C#CC(C)C)sc1C(=O)O)C(=O)[C@H]1CC[C@@H](C)CC1. The van der Waals surface area contributed by atoms with Crippen LogP contribution in [-0.2, 0) is 9.53 Å². The van der Waals surface area contributed by atoms with Crippen LogP contribution in [0.3, 0.4) is 0 Å². The van der Waals surface area contributed by atoms with Crippen LogP contribution in [0, 0.1) is 29.6 Å². The molecular weight excluding hydrogens is 374 g/mol. The molecule has 0 bridgehead atoms. The van der Waals surface area contributed by atoms with Crippen molar-refractivity contribution in [2.45, 2.75) is 59.4 Å². The summed E-state index contributed by atoms with van der Waals surface area (Å²) in [5.41, 5.74) is 0.443. The lowest BCUT2D eigenvalue weighted by molar-refractivity contribution is -0.124. The summed E-state index contributed by atoms with van der Waals surface area (Å²) in [4.78, 5) is 27.8. The molecule has 1 amide bonds. The van der Waals surface area contributed by atoms with Gasteiger partial charge in [-0.05, 0) is 44.6 Å². The van der Waals surface area contributed by atoms with E-state index in [1.54, 1.807) is 18.1 Å². The highest BCUT2D eigenvalue weighted by Crippen LogP contribution is 2.36. The highest BCUT2D eigenvalue weighted by Gasteiger charge is 2.34. The van der Waals surface area contributed by atoms with Crippen molar-refractivity contribution in [1.82, 2.24) is 0 Å². The van der Waals surface area contributed by atoms with E-state index in [1.165, 1.54) is 0 Å². The number of anilines is 1. The van der Waals surface area contributed by atoms with Gasteiger partial charge in [0, 0.05) is 18.9 Å². The molecule has 2 rings (SSSR count). The van der Waals surface area contributed by atoms with Crippen LogP contribution in [0.15, 0.2) is 6.07 Å². The lowest BCUT2D eigenvalue weighted by atomic mass is 9.82. The fourth-order valence-corrected chi connectivity index (χ4v) is 4.43. The van der Waals surface area contributed by atoms with Gasteiger partial charge in [-0.3, -0.25) is 4.79 Å². The topological polar surface area (TPSA) is 66.8 Å². The van der Waals surface area contributed by atoms with Crippen molar-refractivity contribution in [1.29, 1.82) is 0 Å². The fraction of sp³-hybridized carbons (Fsp3) is 0.636. The summed E-state index contributed by atoms with van der Waals surface area (Å²) in [6.07, 6.45) is 3.76. The largest absolute Gasteiger partial charge is 0.477 e. The molecule has 1 heterocycles. The number of carboxylic acids is 1. The number of carbonyl (C=O) groups is 2. The summed E-state index contributed by atoms with van der Waals surface area (Å²) in [6.45, 7) is 8.43. The summed E-state index contributed by atoms with van der Waals surface area (Å²) in [6, 6.07) is 1.49. The molecule has 0 spiro atoms. The van der Waals surface area contributed by atoms with E-state index in [0.717, 1.165) is 37.0 Å². The Morgan fingerprint density at radius 3 is 2.46 bits per heavy atom. The Balaban J connectivity index is 2.44. The van der Waals surface area contributed by atoms with Gasteiger partial charge in [0.1, 0.15) is 4.88 Å². The number of amides is 1. The lowest BCUT2D eigenvalue weighted by Crippen LogP contribution is -2.45. The highest BCUT2D eigenvalue weighted by molar-refractivity contribution is 7.15. The quantitative estimate of drug-likeness (QED) is 0.700. The van der Waals surface area contributed by atoms with Crippen LogP contribution in [0.5, 0.6) is 0 Å². The zero-order chi connectivity index (χ0) is 20.8. The molecule has 1 N–H and O–H groups in total. The standard InChI is InChI=1S/C22H31NO4S/c1-14(2)6-11-18-12-19(20(28-18)22(25)26)23(16(4)13-27-5)21(24)17-9-7-15(3)8-10-17/h12,14-17H,7-10,13H2,1-5H3,(H,25,26)/t15-,16-,17+/m0/s1. The van der Waals surface area contributed by atoms with Gasteiger partial charge in [-0.1, -0.05) is 32.6 Å². The van der Waals surface area contributed by atoms with Crippen molar-refractivity contribution in [3.8, 4) is 11.8 Å². The number of rotatable bonds is 6. The molecule has 0 unspecified atom stereocenters. The highest BCUT2D eigenvalue weighted by atomic mass is 32.1. The molecule has 1 fully saturated rings. The van der Waals surface area contributed by atoms with Gasteiger partial charge in [0.15, 0.2) is 0 Å². The lowest BCUT2D eigenvalue weighted by Gasteiger charge is -2.34. The summed E-state index contributed by atoms with van der Waals surface area (Å²) < 4.78 is 5.28. The van der Waals surface area contributed by atoms with E-state index in [9.17, 15) is 14.7 Å². The minimum absolute atomic E-state index is 0.000110. The molecule has 0 radical (unpaired) electrons. The minimum Gasteiger partial charge on any atom is -0.477 e. The molecule has 0 aromatic carbocycles. The molecule has 1 aliphatic carbocycles. The van der Waals surface area contributed by atoms with Gasteiger partial charge in [-0.2, -0.15) is 0 Å². The number of carboxylic acid groups (broad SMARTS) is 1. The number of hydrogen-bond acceptors (Lipinski definition) is 4. The van der Waals surface area contributed by atoms with Crippen LogP contribution in [0.2, 0.25) is 0 Å². The first-order chi connectivity index (χ1) is 13.2. The second-order valence-corrected chi connectivity index (χ2v) is 9.08. The normalized spacial score (nSPS) is 20.4. The van der Waals surface area contributed by atoms with Gasteiger partial charge in [-0.15, -0.1) is 11.3 Å². The molecule has 1 saturated carbocycles. The maximum atomic E-state index is 13.4. The van der Waals surface area contributed by atoms with Gasteiger partial charge in [0.25, 0.3) is 0 Å². The maximum absolute atomic E-state index is 13.4. The van der Waals surface area contributed by atoms with E-state index in [1.807, 2.05) is 20.8 Å². The summed E-state index contributed by atoms with van der Waals surface area (Å²) in [7, 11) is 1.59. The van der Waals surface area contributed by atoms with Crippen LogP contribution in [0.25, 0.3) is 0 Å². The van der Waals surface area contributed by atoms with Crippen molar-refractivity contribution < 1.29 is 19.4 Å². The monoisotopic (exact) mass is 405 g/mol. The minimum atomic E-state index is -1.03. The number of ether oxygens (including phenoxy) is 1. The average Bonchev–Trinajstić information content (AvgIpc) is 3.05. The molecule has 28 heavy (non-hydrogen) atoms. The average molecular weight is 406 g/mol. The molecular formula is C22H31NO4S. The zero-order valence-corrected chi connectivity index (χ0v) is 18.3. The van der Waals surface area contributed by atoms with E-state index in [4.69, 9.17) is 4.74 Å². The van der Waals surface area contributed by atoms with Crippen LogP contribution >= 0.6 is 11.3 Å². The second kappa shape index (κ2) is 10.1. The van der Waals surface area contributed by atoms with Gasteiger partial charge in [0.2, 0.25) is 5.91 Å². The van der Waals surface area contributed by atoms with Gasteiger partial charge >= 0.3 is 5.97 Å². The van der Waals surface area contributed by atoms with Gasteiger partial charge in [0.05, 0.1) is 23.2 Å².